The Bertz CT molecular complexity index is 1310. The maximum absolute atomic E-state index is 13.2. The minimum Gasteiger partial charge on any atom is -0.495 e. The monoisotopic (exact) mass is 537 g/mol. The molecule has 10 heteroatoms. The molecule has 4 rings (SSSR count). The zero-order valence-electron chi connectivity index (χ0n) is 21.0. The largest absolute Gasteiger partial charge is 0.495 e. The number of Topliss-reactive ketones (excluding diaryl/α,β-unsaturated/α-hetero) is 1. The second kappa shape index (κ2) is 12.4. The molecule has 0 bridgehead atoms. The molecule has 0 radical (unpaired) electrons. The van der Waals surface area contributed by atoms with Crippen molar-refractivity contribution in [2.75, 3.05) is 31.4 Å². The van der Waals surface area contributed by atoms with Crippen molar-refractivity contribution in [1.29, 1.82) is 0 Å². The van der Waals surface area contributed by atoms with Crippen LogP contribution in [-0.4, -0.2) is 49.7 Å². The van der Waals surface area contributed by atoms with E-state index in [1.165, 1.54) is 14.2 Å². The topological polar surface area (TPSA) is 106 Å². The van der Waals surface area contributed by atoms with Crippen LogP contribution in [0.1, 0.15) is 28.8 Å². The van der Waals surface area contributed by atoms with Crippen molar-refractivity contribution in [2.24, 2.45) is 0 Å². The molecule has 1 atom stereocenters. The average molecular weight is 538 g/mol. The zero-order chi connectivity index (χ0) is 27.1. The van der Waals surface area contributed by atoms with E-state index in [0.717, 1.165) is 12.0 Å². The summed E-state index contributed by atoms with van der Waals surface area (Å²) in [6, 6.07) is 17.8. The van der Waals surface area contributed by atoms with Crippen molar-refractivity contribution >= 4 is 40.8 Å². The summed E-state index contributed by atoms with van der Waals surface area (Å²) in [5, 5.41) is 7.55. The molecule has 0 aromatic heterocycles. The van der Waals surface area contributed by atoms with Crippen LogP contribution in [-0.2, 0) is 16.0 Å². The number of carbonyl (C=O) groups excluding carboxylic acids is 3. The van der Waals surface area contributed by atoms with E-state index in [4.69, 9.17) is 25.9 Å². The Balaban J connectivity index is 1.37. The summed E-state index contributed by atoms with van der Waals surface area (Å²) in [5.74, 6) is 0.538. The molecule has 2 amide bonds. The molecule has 0 spiro atoms. The summed E-state index contributed by atoms with van der Waals surface area (Å²) in [7, 11) is 2.82. The van der Waals surface area contributed by atoms with Crippen LogP contribution in [0.5, 0.6) is 11.5 Å². The number of carbonyl (C=O) groups is 3. The smallest absolute Gasteiger partial charge is 0.337 e. The number of halogens is 1. The van der Waals surface area contributed by atoms with Crippen LogP contribution in [0.2, 0.25) is 5.02 Å². The molecule has 0 unspecified atom stereocenters. The van der Waals surface area contributed by atoms with Crippen LogP contribution in [0.15, 0.2) is 66.7 Å². The Morgan fingerprint density at radius 2 is 1.71 bits per heavy atom. The van der Waals surface area contributed by atoms with E-state index in [1.807, 2.05) is 0 Å². The number of urea groups is 1. The number of nitrogens with one attached hydrogen (secondary N) is 2. The molecule has 3 aromatic rings. The number of anilines is 2. The fraction of sp³-hybridized carbons (Fsp3) is 0.250. The molecule has 1 aliphatic rings. The number of hydrogen-bond acceptors (Lipinski definition) is 7. The number of ketones is 1. The van der Waals surface area contributed by atoms with E-state index >= 15 is 0 Å². The van der Waals surface area contributed by atoms with Gasteiger partial charge in [-0.15, -0.1) is 5.06 Å². The van der Waals surface area contributed by atoms with Crippen molar-refractivity contribution < 1.29 is 28.7 Å². The first-order valence-electron chi connectivity index (χ1n) is 12.0. The van der Waals surface area contributed by atoms with Crippen LogP contribution in [0.3, 0.4) is 0 Å². The normalized spacial score (nSPS) is 15.0. The first-order chi connectivity index (χ1) is 18.4. The van der Waals surface area contributed by atoms with Gasteiger partial charge in [-0.25, -0.2) is 9.59 Å². The lowest BCUT2D eigenvalue weighted by atomic mass is 10.0. The van der Waals surface area contributed by atoms with Crippen LogP contribution < -0.4 is 20.2 Å². The van der Waals surface area contributed by atoms with E-state index in [2.05, 4.69) is 10.6 Å². The molecule has 38 heavy (non-hydrogen) atoms. The number of amides is 2. The van der Waals surface area contributed by atoms with Gasteiger partial charge in [0.1, 0.15) is 17.5 Å². The first-order valence-corrected chi connectivity index (χ1v) is 12.4. The van der Waals surface area contributed by atoms with E-state index in [0.29, 0.717) is 46.4 Å². The number of benzene rings is 3. The molecule has 198 valence electrons. The van der Waals surface area contributed by atoms with Crippen LogP contribution in [0, 0.1) is 0 Å². The summed E-state index contributed by atoms with van der Waals surface area (Å²) in [5.41, 5.74) is 2.10. The van der Waals surface area contributed by atoms with E-state index in [-0.39, 0.29) is 12.2 Å². The van der Waals surface area contributed by atoms with Crippen LogP contribution in [0.25, 0.3) is 0 Å². The van der Waals surface area contributed by atoms with E-state index < -0.39 is 18.0 Å². The maximum Gasteiger partial charge on any atom is 0.337 e. The first kappa shape index (κ1) is 27.0. The summed E-state index contributed by atoms with van der Waals surface area (Å²) in [6.45, 7) is 0.613. The van der Waals surface area contributed by atoms with E-state index in [1.54, 1.807) is 71.8 Å². The molecule has 0 aliphatic carbocycles. The summed E-state index contributed by atoms with van der Waals surface area (Å²) >= 11 is 6.10. The number of para-hydroxylation sites is 1. The molecule has 2 N–H and O–H groups in total. The predicted octanol–water partition coefficient (Wildman–Crippen LogP) is 5.35. The van der Waals surface area contributed by atoms with Crippen molar-refractivity contribution in [2.45, 2.75) is 25.3 Å². The fourth-order valence-electron chi connectivity index (χ4n) is 4.18. The quantitative estimate of drug-likeness (QED) is 0.354. The molecule has 0 saturated carbocycles. The zero-order valence-corrected chi connectivity index (χ0v) is 21.8. The van der Waals surface area contributed by atoms with Gasteiger partial charge < -0.3 is 24.9 Å². The highest BCUT2D eigenvalue weighted by molar-refractivity contribution is 6.33. The molecular weight excluding hydrogens is 510 g/mol. The van der Waals surface area contributed by atoms with Gasteiger partial charge in [-0.05, 0) is 66.9 Å². The molecule has 1 fully saturated rings. The Hall–Kier alpha value is -4.08. The third kappa shape index (κ3) is 6.62. The predicted molar refractivity (Wildman–Crippen MR) is 144 cm³/mol. The molecule has 3 aromatic carbocycles. The molecule has 1 saturated heterocycles. The Morgan fingerprint density at radius 1 is 0.974 bits per heavy atom. The van der Waals surface area contributed by atoms with Crippen molar-refractivity contribution in [3.05, 3.63) is 82.9 Å². The Kier molecular flexibility index (Phi) is 8.83. The third-order valence-corrected chi connectivity index (χ3v) is 6.42. The Labute approximate surface area is 225 Å². The number of esters is 1. The third-order valence-electron chi connectivity index (χ3n) is 6.09. The number of nitrogens with zero attached hydrogens (tertiary/aromatic N) is 1. The van der Waals surface area contributed by atoms with Gasteiger partial charge in [0, 0.05) is 13.0 Å². The van der Waals surface area contributed by atoms with Crippen LogP contribution in [0.4, 0.5) is 16.2 Å². The van der Waals surface area contributed by atoms with Crippen molar-refractivity contribution in [3.8, 4) is 11.5 Å². The second-order valence-electron chi connectivity index (χ2n) is 8.64. The summed E-state index contributed by atoms with van der Waals surface area (Å²) in [6.07, 6.45) is 1.68. The fourth-order valence-corrected chi connectivity index (χ4v) is 4.37. The number of methoxy groups -OCH3 is 2. The van der Waals surface area contributed by atoms with Gasteiger partial charge in [0.25, 0.3) is 0 Å². The molecule has 1 heterocycles. The SMILES string of the molecule is COC(=O)c1ccc(ON2CCC[C@H]2C(=O)Cc2ccc(NC(=O)Nc3ccccc3Cl)c(OC)c2)cc1. The minimum atomic E-state index is -0.474. The highest BCUT2D eigenvalue weighted by atomic mass is 35.5. The summed E-state index contributed by atoms with van der Waals surface area (Å²) in [4.78, 5) is 43.2. The molecule has 9 nitrogen and oxygen atoms in total. The lowest BCUT2D eigenvalue weighted by Gasteiger charge is -2.23. The molecule has 1 aliphatic heterocycles. The number of hydrogen-bond donors (Lipinski definition) is 2. The number of rotatable bonds is 9. The molecular formula is C28H28ClN3O6. The minimum absolute atomic E-state index is 0.00732. The van der Waals surface area contributed by atoms with Crippen molar-refractivity contribution in [1.82, 2.24) is 5.06 Å². The standard InChI is InChI=1S/C28H28ClN3O6/c1-36-26-17-18(9-14-23(26)31-28(35)30-22-7-4-3-6-21(22)29)16-25(33)24-8-5-15-32(24)38-20-12-10-19(11-13-20)27(34)37-2/h3-4,6-7,9-14,17,24H,5,8,15-16H2,1-2H3,(H2,30,31,35)/t24-/m0/s1. The highest BCUT2D eigenvalue weighted by Gasteiger charge is 2.32. The van der Waals surface area contributed by atoms with Crippen LogP contribution >= 0.6 is 11.6 Å². The Morgan fingerprint density at radius 3 is 2.42 bits per heavy atom. The highest BCUT2D eigenvalue weighted by Crippen LogP contribution is 2.28. The van der Waals surface area contributed by atoms with Gasteiger partial charge in [0.2, 0.25) is 0 Å². The maximum atomic E-state index is 13.2. The van der Waals surface area contributed by atoms with Gasteiger partial charge in [0.15, 0.2) is 5.78 Å². The second-order valence-corrected chi connectivity index (χ2v) is 9.05. The lowest BCUT2D eigenvalue weighted by Crippen LogP contribution is -2.39. The van der Waals surface area contributed by atoms with Gasteiger partial charge in [-0.3, -0.25) is 4.79 Å². The van der Waals surface area contributed by atoms with Crippen molar-refractivity contribution in [3.63, 3.8) is 0 Å². The van der Waals surface area contributed by atoms with E-state index in [9.17, 15) is 14.4 Å². The average Bonchev–Trinajstić information content (AvgIpc) is 3.39. The number of hydroxylamine groups is 2. The van der Waals surface area contributed by atoms with Gasteiger partial charge >= 0.3 is 12.0 Å². The van der Waals surface area contributed by atoms with Gasteiger partial charge in [-0.2, -0.15) is 0 Å². The van der Waals surface area contributed by atoms with Gasteiger partial charge in [0.05, 0.1) is 36.2 Å². The number of ether oxygens (including phenoxy) is 2. The lowest BCUT2D eigenvalue weighted by molar-refractivity contribution is -0.135. The summed E-state index contributed by atoms with van der Waals surface area (Å²) < 4.78 is 10.2. The van der Waals surface area contributed by atoms with Gasteiger partial charge in [-0.1, -0.05) is 29.8 Å².